The van der Waals surface area contributed by atoms with Crippen molar-refractivity contribution in [3.05, 3.63) is 106 Å². The van der Waals surface area contributed by atoms with E-state index in [1.165, 1.54) is 46.2 Å². The predicted molar refractivity (Wildman–Crippen MR) is 248 cm³/mol. The third-order valence-electron chi connectivity index (χ3n) is 12.6. The van der Waals surface area contributed by atoms with Crippen LogP contribution in [0.1, 0.15) is 72.9 Å². The molecule has 376 valence electrons. The van der Waals surface area contributed by atoms with Gasteiger partial charge in [-0.1, -0.05) is 36.0 Å². The Hall–Kier alpha value is -6.31. The average molecular weight is 1010 g/mol. The number of alkyl halides is 6. The van der Waals surface area contributed by atoms with Crippen molar-refractivity contribution in [3.63, 3.8) is 0 Å². The summed E-state index contributed by atoms with van der Waals surface area (Å²) < 4.78 is 105. The van der Waals surface area contributed by atoms with Crippen molar-refractivity contribution in [1.29, 1.82) is 0 Å². The molecule has 2 amide bonds. The zero-order valence-corrected chi connectivity index (χ0v) is 39.6. The molecule has 0 spiro atoms. The van der Waals surface area contributed by atoms with Crippen LogP contribution in [-0.2, 0) is 63.6 Å². The largest absolute Gasteiger partial charge is 0.466 e. The van der Waals surface area contributed by atoms with Crippen LogP contribution in [-0.4, -0.2) is 86.2 Å². The Balaban J connectivity index is 1.25. The lowest BCUT2D eigenvalue weighted by molar-refractivity contribution is -0.215. The number of ether oxygens (including phenoxy) is 2. The van der Waals surface area contributed by atoms with E-state index in [1.807, 2.05) is 0 Å². The van der Waals surface area contributed by atoms with Gasteiger partial charge in [-0.05, 0) is 121 Å². The third-order valence-corrected chi connectivity index (χ3v) is 13.8. The quantitative estimate of drug-likeness (QED) is 0.0582. The fourth-order valence-electron chi connectivity index (χ4n) is 9.26. The maximum absolute atomic E-state index is 15.9. The molecule has 2 saturated heterocycles. The zero-order chi connectivity index (χ0) is 50.5. The van der Waals surface area contributed by atoms with Crippen molar-refractivity contribution in [2.45, 2.75) is 74.5 Å². The Morgan fingerprint density at radius 3 is 1.45 bits per heavy atom. The van der Waals surface area contributed by atoms with Crippen LogP contribution in [0.2, 0.25) is 0 Å². The minimum Gasteiger partial charge on any atom is -0.466 e. The topological polar surface area (TPSA) is 130 Å². The smallest absolute Gasteiger partial charge is 0.418 e. The summed E-state index contributed by atoms with van der Waals surface area (Å²) >= 11 is 0.243. The van der Waals surface area contributed by atoms with Crippen molar-refractivity contribution in [1.82, 2.24) is 9.80 Å². The molecule has 0 aromatic heterocycles. The molecule has 4 heterocycles. The van der Waals surface area contributed by atoms with Gasteiger partial charge in [-0.15, -0.1) is 0 Å². The molecule has 4 aromatic rings. The molecule has 0 N–H and O–H groups in total. The van der Waals surface area contributed by atoms with Crippen LogP contribution in [0.25, 0.3) is 34.4 Å². The number of piperidine rings is 2. The molecule has 4 aliphatic rings. The van der Waals surface area contributed by atoms with Gasteiger partial charge in [-0.3, -0.25) is 19.2 Å². The van der Waals surface area contributed by atoms with Gasteiger partial charge in [-0.2, -0.15) is 36.1 Å². The minimum atomic E-state index is -5.19. The number of nitrogens with zero attached hydrogens (tertiary/aromatic N) is 2. The van der Waals surface area contributed by atoms with Crippen LogP contribution in [0.15, 0.2) is 82.6 Å². The van der Waals surface area contributed by atoms with Gasteiger partial charge in [0.25, 0.3) is 0 Å². The van der Waals surface area contributed by atoms with E-state index in [-0.39, 0.29) is 75.5 Å². The predicted octanol–water partition coefficient (Wildman–Crippen LogP) is 10.6. The maximum atomic E-state index is 15.9. The number of rotatable bonds is 12. The molecular weight excluding hydrogens is 959 g/mol. The highest BCUT2D eigenvalue weighted by atomic mass is 32.2. The van der Waals surface area contributed by atoms with Gasteiger partial charge in [0.2, 0.25) is 11.8 Å². The van der Waals surface area contributed by atoms with Gasteiger partial charge in [-0.25, -0.2) is 0 Å². The van der Waals surface area contributed by atoms with E-state index in [0.717, 1.165) is 36.4 Å². The van der Waals surface area contributed by atoms with Crippen LogP contribution in [0.4, 0.5) is 26.3 Å². The Labute approximate surface area is 409 Å². The van der Waals surface area contributed by atoms with Gasteiger partial charge >= 0.3 is 24.3 Å². The Morgan fingerprint density at radius 1 is 0.634 bits per heavy atom. The molecule has 4 aliphatic heterocycles. The number of carbonyl (C=O) groups is 4. The first-order chi connectivity index (χ1) is 34.0. The van der Waals surface area contributed by atoms with Gasteiger partial charge in [0, 0.05) is 72.1 Å². The van der Waals surface area contributed by atoms with E-state index in [9.17, 15) is 19.2 Å². The number of carbonyl (C=O) groups excluding carboxylic acids is 4. The summed E-state index contributed by atoms with van der Waals surface area (Å²) in [5.74, 6) is -2.85. The molecule has 8 rings (SSSR count). The van der Waals surface area contributed by atoms with Crippen LogP contribution < -0.4 is 9.78 Å². The zero-order valence-electron chi connectivity index (χ0n) is 38.8. The van der Waals surface area contributed by atoms with Crippen LogP contribution in [0.5, 0.6) is 11.5 Å². The number of amides is 2. The Bertz CT molecular complexity index is 2560. The van der Waals surface area contributed by atoms with Crippen molar-refractivity contribution in [3.8, 4) is 33.8 Å². The lowest BCUT2D eigenvalue weighted by Crippen LogP contribution is -2.42. The van der Waals surface area contributed by atoms with Gasteiger partial charge in [0.15, 0.2) is 11.5 Å². The summed E-state index contributed by atoms with van der Waals surface area (Å²) in [6, 6.07) is 14.3. The van der Waals surface area contributed by atoms with Gasteiger partial charge < -0.3 is 29.0 Å². The van der Waals surface area contributed by atoms with Crippen molar-refractivity contribution < 1.29 is 74.5 Å². The monoisotopic (exact) mass is 1010 g/mol. The second-order valence-electron chi connectivity index (χ2n) is 17.3. The number of hydrogen-bond acceptors (Lipinski definition) is 11. The molecule has 0 aliphatic carbocycles. The van der Waals surface area contributed by atoms with E-state index in [1.54, 1.807) is 26.0 Å². The van der Waals surface area contributed by atoms with E-state index in [2.05, 4.69) is 0 Å². The summed E-state index contributed by atoms with van der Waals surface area (Å²) in [7, 11) is 0. The highest BCUT2D eigenvalue weighted by Gasteiger charge is 2.41. The number of fused-ring (bicyclic) bond motifs is 2. The van der Waals surface area contributed by atoms with E-state index in [0.29, 0.717) is 72.3 Å². The van der Waals surface area contributed by atoms with Crippen LogP contribution in [0, 0.1) is 11.8 Å². The molecule has 4 aromatic carbocycles. The normalized spacial score (nSPS) is 18.4. The first-order valence-corrected chi connectivity index (χ1v) is 24.1. The van der Waals surface area contributed by atoms with Crippen LogP contribution >= 0.6 is 11.8 Å². The van der Waals surface area contributed by atoms with Crippen molar-refractivity contribution >= 4 is 47.7 Å². The first-order valence-electron chi connectivity index (χ1n) is 23.3. The van der Waals surface area contributed by atoms with E-state index < -0.39 is 80.0 Å². The number of benzene rings is 4. The number of halogens is 6. The molecule has 2 atom stereocenters. The van der Waals surface area contributed by atoms with E-state index in [4.69, 9.17) is 29.0 Å². The van der Waals surface area contributed by atoms with Crippen LogP contribution in [0.3, 0.4) is 0 Å². The number of hydrogen-bond donors (Lipinski definition) is 0. The maximum Gasteiger partial charge on any atom is 0.418 e. The molecule has 0 bridgehead atoms. The molecule has 0 radical (unpaired) electrons. The summed E-state index contributed by atoms with van der Waals surface area (Å²) in [4.78, 5) is 74.9. The minimum absolute atomic E-state index is 0.0117. The summed E-state index contributed by atoms with van der Waals surface area (Å²) in [6.45, 7) is 4.38. The standard InChI is InChI=1S/C52H50F6N2O10S/c1-3-65-49(63)35-7-5-23-59(29-35)45(61)19-13-39-37(31-9-15-41-33(27-31)21-25-67-69-41)11-17-43(47(39)51(53,54)55)71-44-18-12-38(32-10-16-42-34(28-32)22-26-68-70-42)40(48(44)52(56,57)58)14-20-46(62)60-24-6-8-36(30-60)50(64)66-4-2/h9-20,27-28,35-36H,3-8,21-26,29-30H2,1-2H3. The van der Waals surface area contributed by atoms with Crippen molar-refractivity contribution in [2.75, 3.05) is 52.6 Å². The fraction of sp³-hybridized carbons (Fsp3) is 0.385. The lowest BCUT2D eigenvalue weighted by Gasteiger charge is -2.30. The van der Waals surface area contributed by atoms with Gasteiger partial charge in [0.05, 0.1) is 49.4 Å². The summed E-state index contributed by atoms with van der Waals surface area (Å²) in [5, 5.41) is 0. The molecule has 2 unspecified atom stereocenters. The molecule has 0 saturated carbocycles. The fourth-order valence-corrected chi connectivity index (χ4v) is 10.4. The van der Waals surface area contributed by atoms with Crippen molar-refractivity contribution in [2.24, 2.45) is 11.8 Å². The molecule has 2 fully saturated rings. The first kappa shape index (κ1) is 51.1. The number of likely N-dealkylation sites (tertiary alicyclic amines) is 2. The molecule has 12 nitrogen and oxygen atoms in total. The summed E-state index contributed by atoms with van der Waals surface area (Å²) in [5.41, 5.74) is -1.61. The Morgan fingerprint density at radius 2 is 1.06 bits per heavy atom. The highest BCUT2D eigenvalue weighted by Crippen LogP contribution is 2.50. The second kappa shape index (κ2) is 22.0. The molecular formula is C52H50F6N2O10S. The SMILES string of the molecule is CCOC(=O)C1CCCN(C(=O)C=Cc2c(-c3ccc4c(c3)CCOO4)ccc(Sc3ccc(-c4ccc5c(c4)CCOO5)c(C=CC(=O)N4CCCC(C(=O)OCC)C4)c3C(F)(F)F)c2C(F)(F)F)C1. The molecule has 19 heteroatoms. The highest BCUT2D eigenvalue weighted by molar-refractivity contribution is 7.99. The second-order valence-corrected chi connectivity index (χ2v) is 18.4. The third kappa shape index (κ3) is 11.7. The summed E-state index contributed by atoms with van der Waals surface area (Å²) in [6.07, 6.45) is -3.81. The molecule has 71 heavy (non-hydrogen) atoms. The number of esters is 2. The lowest BCUT2D eigenvalue weighted by atomic mass is 9.92. The van der Waals surface area contributed by atoms with E-state index >= 15 is 26.3 Å². The Kier molecular flexibility index (Phi) is 15.8. The van der Waals surface area contributed by atoms with Gasteiger partial charge in [0.1, 0.15) is 0 Å². The average Bonchev–Trinajstić information content (AvgIpc) is 3.36.